The van der Waals surface area contributed by atoms with Crippen LogP contribution in [0.3, 0.4) is 0 Å². The zero-order chi connectivity index (χ0) is 25.7. The van der Waals surface area contributed by atoms with E-state index in [1.165, 1.54) is 6.07 Å². The molecule has 7 nitrogen and oxygen atoms in total. The second kappa shape index (κ2) is 9.11. The predicted octanol–water partition coefficient (Wildman–Crippen LogP) is 5.27. The van der Waals surface area contributed by atoms with Crippen molar-refractivity contribution in [3.8, 4) is 16.5 Å². The van der Waals surface area contributed by atoms with Crippen LogP contribution < -0.4 is 15.2 Å². The number of likely N-dealkylation sites (tertiary alicyclic amines) is 1. The first kappa shape index (κ1) is 23.9. The molecule has 0 spiro atoms. The molecule has 2 aromatic carbocycles. The van der Waals surface area contributed by atoms with Gasteiger partial charge in [0, 0.05) is 36.3 Å². The van der Waals surface area contributed by atoms with Crippen LogP contribution in [0.1, 0.15) is 46.2 Å². The fourth-order valence-corrected chi connectivity index (χ4v) is 6.02. The van der Waals surface area contributed by atoms with Gasteiger partial charge >= 0.3 is 0 Å². The van der Waals surface area contributed by atoms with E-state index in [1.54, 1.807) is 30.6 Å². The summed E-state index contributed by atoms with van der Waals surface area (Å²) in [4.78, 5) is 19.2. The molecular weight excluding hydrogens is 498 g/mol. The van der Waals surface area contributed by atoms with Gasteiger partial charge in [-0.25, -0.2) is 13.8 Å². The number of carbonyl (C=O) groups is 1. The third-order valence-corrected chi connectivity index (χ3v) is 8.18. The van der Waals surface area contributed by atoms with Crippen LogP contribution in [0, 0.1) is 0 Å². The van der Waals surface area contributed by atoms with Gasteiger partial charge in [0.15, 0.2) is 0 Å². The minimum atomic E-state index is -3.00. The van der Waals surface area contributed by atoms with Gasteiger partial charge in [-0.15, -0.1) is 11.3 Å². The number of imidazole rings is 1. The summed E-state index contributed by atoms with van der Waals surface area (Å²) in [6, 6.07) is 13.7. The molecule has 10 heteroatoms. The lowest BCUT2D eigenvalue weighted by Crippen LogP contribution is -2.35. The molecule has 1 aliphatic heterocycles. The van der Waals surface area contributed by atoms with Crippen LogP contribution >= 0.6 is 11.3 Å². The monoisotopic (exact) mass is 524 g/mol. The van der Waals surface area contributed by atoms with E-state index in [1.807, 2.05) is 22.8 Å². The Balaban J connectivity index is 1.31. The first-order chi connectivity index (χ1) is 17.8. The van der Waals surface area contributed by atoms with Gasteiger partial charge in [-0.05, 0) is 32.0 Å². The zero-order valence-electron chi connectivity index (χ0n) is 20.2. The van der Waals surface area contributed by atoms with E-state index in [2.05, 4.69) is 16.9 Å². The third-order valence-electron chi connectivity index (χ3n) is 7.05. The molecule has 1 fully saturated rings. The number of carbonyl (C=O) groups excluding carboxylic acids is 1. The number of thiophene rings is 1. The molecule has 2 aliphatic rings. The molecule has 192 valence electrons. The Labute approximate surface area is 216 Å². The maximum absolute atomic E-state index is 14.6. The maximum Gasteiger partial charge on any atom is 0.277 e. The molecule has 1 atom stereocenters. The minimum Gasteiger partial charge on any atom is -0.490 e. The highest BCUT2D eigenvalue weighted by Gasteiger charge is 2.46. The normalized spacial score (nSPS) is 19.7. The molecule has 1 unspecified atom stereocenters. The molecule has 0 saturated carbocycles. The SMILES string of the molecule is CN1CCC(Oc2ccc3ncn(-c4cc(OC5CC(F)(F)c6ccccc65)c(C(N)=O)s4)c3c2)CC1. The lowest BCUT2D eigenvalue weighted by molar-refractivity contribution is -0.0250. The first-order valence-electron chi connectivity index (χ1n) is 12.2. The van der Waals surface area contributed by atoms with Gasteiger partial charge < -0.3 is 20.1 Å². The van der Waals surface area contributed by atoms with Crippen molar-refractivity contribution in [2.45, 2.75) is 37.4 Å². The summed E-state index contributed by atoms with van der Waals surface area (Å²) in [5.41, 5.74) is 7.58. The lowest BCUT2D eigenvalue weighted by atomic mass is 10.1. The van der Waals surface area contributed by atoms with Crippen LogP contribution in [0.4, 0.5) is 8.78 Å². The third kappa shape index (κ3) is 4.44. The van der Waals surface area contributed by atoms with Crippen LogP contribution in [0.15, 0.2) is 54.9 Å². The average molecular weight is 525 g/mol. The zero-order valence-corrected chi connectivity index (χ0v) is 21.0. The van der Waals surface area contributed by atoms with Crippen molar-refractivity contribution in [2.75, 3.05) is 20.1 Å². The van der Waals surface area contributed by atoms with Crippen LogP contribution in [0.2, 0.25) is 0 Å². The van der Waals surface area contributed by atoms with Crippen molar-refractivity contribution < 1.29 is 23.0 Å². The molecule has 0 bridgehead atoms. The molecule has 1 saturated heterocycles. The fourth-order valence-electron chi connectivity index (χ4n) is 5.09. The minimum absolute atomic E-state index is 0.0474. The Bertz CT molecular complexity index is 1480. The summed E-state index contributed by atoms with van der Waals surface area (Å²) in [7, 11) is 2.11. The van der Waals surface area contributed by atoms with E-state index in [-0.39, 0.29) is 22.3 Å². The van der Waals surface area contributed by atoms with E-state index in [9.17, 15) is 13.6 Å². The molecule has 37 heavy (non-hydrogen) atoms. The number of benzene rings is 2. The van der Waals surface area contributed by atoms with E-state index in [4.69, 9.17) is 15.2 Å². The van der Waals surface area contributed by atoms with Crippen LogP contribution in [0.5, 0.6) is 11.5 Å². The Hall–Kier alpha value is -3.50. The maximum atomic E-state index is 14.6. The van der Waals surface area contributed by atoms with Gasteiger partial charge in [-0.2, -0.15) is 0 Å². The largest absolute Gasteiger partial charge is 0.490 e. The number of ether oxygens (including phenoxy) is 2. The van der Waals surface area contributed by atoms with Crippen molar-refractivity contribution in [1.29, 1.82) is 0 Å². The lowest BCUT2D eigenvalue weighted by Gasteiger charge is -2.29. The van der Waals surface area contributed by atoms with Gasteiger partial charge in [-0.3, -0.25) is 9.36 Å². The number of amides is 1. The summed E-state index contributed by atoms with van der Waals surface area (Å²) in [6.45, 7) is 1.99. The smallest absolute Gasteiger partial charge is 0.277 e. The first-order valence-corrected chi connectivity index (χ1v) is 13.0. The second-order valence-electron chi connectivity index (χ2n) is 9.63. The fraction of sp³-hybridized carbons (Fsp3) is 0.333. The number of halogens is 2. The number of nitrogens with two attached hydrogens (primary N) is 1. The molecular formula is C27H26F2N4O3S. The number of rotatable bonds is 6. The Morgan fingerprint density at radius 2 is 1.92 bits per heavy atom. The highest BCUT2D eigenvalue weighted by molar-refractivity contribution is 7.16. The molecule has 3 heterocycles. The standard InChI is InChI=1S/C27H26F2N4O3S/c1-32-10-8-16(9-11-32)35-17-6-7-20-21(12-17)33(15-31-20)24-13-22(25(37-24)26(30)34)36-23-14-27(28,29)19-5-3-2-4-18(19)23/h2-7,12-13,15-16,23H,8-11,14H2,1H3,(H2,30,34). The van der Waals surface area contributed by atoms with Gasteiger partial charge in [-0.1, -0.05) is 24.3 Å². The molecule has 4 aromatic rings. The molecule has 0 radical (unpaired) electrons. The number of piperidine rings is 1. The van der Waals surface area contributed by atoms with Crippen LogP contribution in [0.25, 0.3) is 16.0 Å². The number of primary amides is 1. The van der Waals surface area contributed by atoms with Gasteiger partial charge in [0.25, 0.3) is 11.8 Å². The van der Waals surface area contributed by atoms with Crippen LogP contribution in [-0.4, -0.2) is 46.6 Å². The van der Waals surface area contributed by atoms with E-state index >= 15 is 0 Å². The van der Waals surface area contributed by atoms with Gasteiger partial charge in [0.05, 0.1) is 17.5 Å². The number of hydrogen-bond donors (Lipinski definition) is 1. The highest BCUT2D eigenvalue weighted by Crippen LogP contribution is 2.49. The molecule has 2 aromatic heterocycles. The second-order valence-corrected chi connectivity index (χ2v) is 10.7. The van der Waals surface area contributed by atoms with Crippen molar-refractivity contribution >= 4 is 28.3 Å². The van der Waals surface area contributed by atoms with Crippen molar-refractivity contribution in [3.63, 3.8) is 0 Å². The quantitative estimate of drug-likeness (QED) is 0.371. The number of alkyl halides is 2. The molecule has 6 rings (SSSR count). The Morgan fingerprint density at radius 1 is 1.14 bits per heavy atom. The van der Waals surface area contributed by atoms with Crippen LogP contribution in [-0.2, 0) is 5.92 Å². The molecule has 1 aliphatic carbocycles. The van der Waals surface area contributed by atoms with E-state index in [0.717, 1.165) is 54.1 Å². The van der Waals surface area contributed by atoms with Gasteiger partial charge in [0.2, 0.25) is 0 Å². The summed E-state index contributed by atoms with van der Waals surface area (Å²) in [5.74, 6) is -2.75. The Morgan fingerprint density at radius 3 is 2.70 bits per heavy atom. The number of aromatic nitrogens is 2. The Kier molecular flexibility index (Phi) is 5.88. The summed E-state index contributed by atoms with van der Waals surface area (Å²) in [5, 5.41) is 0.640. The summed E-state index contributed by atoms with van der Waals surface area (Å²) >= 11 is 1.14. The van der Waals surface area contributed by atoms with E-state index < -0.39 is 24.4 Å². The molecule has 1 amide bonds. The summed E-state index contributed by atoms with van der Waals surface area (Å²) in [6.07, 6.45) is 2.35. The number of hydrogen-bond acceptors (Lipinski definition) is 6. The average Bonchev–Trinajstić information content (AvgIpc) is 3.55. The van der Waals surface area contributed by atoms with Crippen molar-refractivity contribution in [2.24, 2.45) is 5.73 Å². The van der Waals surface area contributed by atoms with E-state index in [0.29, 0.717) is 10.6 Å². The highest BCUT2D eigenvalue weighted by atomic mass is 32.1. The molecule has 2 N–H and O–H groups in total. The topological polar surface area (TPSA) is 82.6 Å². The number of fused-ring (bicyclic) bond motifs is 2. The van der Waals surface area contributed by atoms with Crippen molar-refractivity contribution in [3.05, 3.63) is 70.9 Å². The number of nitrogens with zero attached hydrogens (tertiary/aromatic N) is 3. The van der Waals surface area contributed by atoms with Crippen molar-refractivity contribution in [1.82, 2.24) is 14.5 Å². The predicted molar refractivity (Wildman–Crippen MR) is 137 cm³/mol. The van der Waals surface area contributed by atoms with Gasteiger partial charge in [0.1, 0.15) is 39.9 Å². The summed E-state index contributed by atoms with van der Waals surface area (Å²) < 4.78 is 43.3.